The van der Waals surface area contributed by atoms with Crippen molar-refractivity contribution in [1.29, 1.82) is 0 Å². The standard InChI is InChI=1S/C15H24N6/c1-11-7-12(2)21(19-11)14-9-16-8-13(18-14)17-10-15(3,4)20(5)6/h7-9H,10H2,1-6H3,(H,17,18). The molecule has 0 radical (unpaired) electrons. The normalized spacial score (nSPS) is 12.0. The van der Waals surface area contributed by atoms with Crippen molar-refractivity contribution in [3.05, 3.63) is 29.8 Å². The Balaban J connectivity index is 2.17. The van der Waals surface area contributed by atoms with E-state index in [0.717, 1.165) is 29.6 Å². The van der Waals surface area contributed by atoms with E-state index in [1.807, 2.05) is 24.6 Å². The number of aryl methyl sites for hydroxylation is 2. The molecule has 1 N–H and O–H groups in total. The maximum Gasteiger partial charge on any atom is 0.174 e. The zero-order valence-corrected chi connectivity index (χ0v) is 13.7. The van der Waals surface area contributed by atoms with Crippen molar-refractivity contribution in [1.82, 2.24) is 24.6 Å². The van der Waals surface area contributed by atoms with Crippen molar-refractivity contribution in [3.63, 3.8) is 0 Å². The minimum Gasteiger partial charge on any atom is -0.367 e. The molecular formula is C15H24N6. The largest absolute Gasteiger partial charge is 0.367 e. The van der Waals surface area contributed by atoms with E-state index in [0.29, 0.717) is 0 Å². The van der Waals surface area contributed by atoms with Crippen molar-refractivity contribution >= 4 is 5.82 Å². The van der Waals surface area contributed by atoms with E-state index in [1.165, 1.54) is 0 Å². The van der Waals surface area contributed by atoms with Crippen LogP contribution in [0, 0.1) is 13.8 Å². The lowest BCUT2D eigenvalue weighted by Gasteiger charge is -2.32. The minimum atomic E-state index is 0.0376. The predicted octanol–water partition coefficient (Wildman–Crippen LogP) is 2.03. The van der Waals surface area contributed by atoms with Crippen LogP contribution in [0.1, 0.15) is 25.2 Å². The van der Waals surface area contributed by atoms with E-state index >= 15 is 0 Å². The monoisotopic (exact) mass is 288 g/mol. The molecule has 2 heterocycles. The van der Waals surface area contributed by atoms with Gasteiger partial charge in [-0.25, -0.2) is 9.67 Å². The molecule has 0 fully saturated rings. The quantitative estimate of drug-likeness (QED) is 0.912. The van der Waals surface area contributed by atoms with Gasteiger partial charge >= 0.3 is 0 Å². The summed E-state index contributed by atoms with van der Waals surface area (Å²) in [5.74, 6) is 1.49. The van der Waals surface area contributed by atoms with Crippen molar-refractivity contribution in [2.45, 2.75) is 33.2 Å². The Labute approximate surface area is 126 Å². The second-order valence-corrected chi connectivity index (χ2v) is 6.16. The number of anilines is 1. The van der Waals surface area contributed by atoms with Crippen LogP contribution in [0.5, 0.6) is 0 Å². The van der Waals surface area contributed by atoms with Crippen LogP contribution in [0.15, 0.2) is 18.5 Å². The first-order valence-electron chi connectivity index (χ1n) is 7.06. The lowest BCUT2D eigenvalue weighted by atomic mass is 10.0. The number of rotatable bonds is 5. The van der Waals surface area contributed by atoms with Crippen LogP contribution in [-0.2, 0) is 0 Å². The van der Waals surface area contributed by atoms with Gasteiger partial charge in [0.1, 0.15) is 5.82 Å². The van der Waals surface area contributed by atoms with Gasteiger partial charge in [-0.15, -0.1) is 0 Å². The fourth-order valence-electron chi connectivity index (χ4n) is 1.87. The van der Waals surface area contributed by atoms with Gasteiger partial charge in [0.2, 0.25) is 0 Å². The van der Waals surface area contributed by atoms with Crippen LogP contribution in [0.25, 0.3) is 5.82 Å². The molecule has 21 heavy (non-hydrogen) atoms. The van der Waals surface area contributed by atoms with Crippen molar-refractivity contribution < 1.29 is 0 Å². The fourth-order valence-corrected chi connectivity index (χ4v) is 1.87. The lowest BCUT2D eigenvalue weighted by molar-refractivity contribution is 0.210. The third-order valence-electron chi connectivity index (χ3n) is 3.76. The molecule has 114 valence electrons. The van der Waals surface area contributed by atoms with Crippen LogP contribution in [0.3, 0.4) is 0 Å². The molecule has 2 aromatic heterocycles. The van der Waals surface area contributed by atoms with E-state index in [9.17, 15) is 0 Å². The van der Waals surface area contributed by atoms with Crippen LogP contribution in [-0.4, -0.2) is 50.8 Å². The first-order valence-corrected chi connectivity index (χ1v) is 7.06. The summed E-state index contributed by atoms with van der Waals surface area (Å²) in [5.41, 5.74) is 2.06. The molecule has 6 nitrogen and oxygen atoms in total. The summed E-state index contributed by atoms with van der Waals surface area (Å²) in [6.07, 6.45) is 3.46. The number of nitrogens with one attached hydrogen (secondary N) is 1. The Kier molecular flexibility index (Phi) is 4.27. The summed E-state index contributed by atoms with van der Waals surface area (Å²) in [4.78, 5) is 11.0. The molecule has 0 spiro atoms. The summed E-state index contributed by atoms with van der Waals surface area (Å²) >= 11 is 0. The molecule has 2 aromatic rings. The number of hydrogen-bond acceptors (Lipinski definition) is 5. The van der Waals surface area contributed by atoms with E-state index in [-0.39, 0.29) is 5.54 Å². The third kappa shape index (κ3) is 3.58. The molecule has 0 unspecified atom stereocenters. The van der Waals surface area contributed by atoms with Crippen LogP contribution in [0.2, 0.25) is 0 Å². The lowest BCUT2D eigenvalue weighted by Crippen LogP contribution is -2.44. The van der Waals surface area contributed by atoms with Gasteiger partial charge in [0.25, 0.3) is 0 Å². The molecule has 2 rings (SSSR count). The molecule has 0 aliphatic carbocycles. The first kappa shape index (κ1) is 15.4. The Morgan fingerprint density at radius 2 is 1.95 bits per heavy atom. The number of nitrogens with zero attached hydrogens (tertiary/aromatic N) is 5. The van der Waals surface area contributed by atoms with E-state index < -0.39 is 0 Å². The Hall–Kier alpha value is -1.95. The van der Waals surface area contributed by atoms with Gasteiger partial charge in [0, 0.05) is 17.8 Å². The predicted molar refractivity (Wildman–Crippen MR) is 84.9 cm³/mol. The number of hydrogen-bond donors (Lipinski definition) is 1. The zero-order valence-electron chi connectivity index (χ0n) is 13.7. The molecule has 0 bridgehead atoms. The van der Waals surface area contributed by atoms with Crippen molar-refractivity contribution in [2.24, 2.45) is 0 Å². The summed E-state index contributed by atoms with van der Waals surface area (Å²) in [6, 6.07) is 2.02. The number of likely N-dealkylation sites (N-methyl/N-ethyl adjacent to an activating group) is 1. The maximum absolute atomic E-state index is 4.59. The van der Waals surface area contributed by atoms with Gasteiger partial charge in [-0.3, -0.25) is 4.98 Å². The molecule has 0 amide bonds. The van der Waals surface area contributed by atoms with Crippen LogP contribution in [0.4, 0.5) is 5.82 Å². The summed E-state index contributed by atoms with van der Waals surface area (Å²) < 4.78 is 1.81. The molecule has 0 atom stereocenters. The van der Waals surface area contributed by atoms with E-state index in [4.69, 9.17) is 0 Å². The average molecular weight is 288 g/mol. The van der Waals surface area contributed by atoms with Crippen molar-refractivity contribution in [3.8, 4) is 5.82 Å². The van der Waals surface area contributed by atoms with Crippen LogP contribution >= 0.6 is 0 Å². The molecule has 0 aliphatic rings. The van der Waals surface area contributed by atoms with Gasteiger partial charge < -0.3 is 10.2 Å². The highest BCUT2D eigenvalue weighted by Gasteiger charge is 2.20. The average Bonchev–Trinajstić information content (AvgIpc) is 2.76. The second-order valence-electron chi connectivity index (χ2n) is 6.16. The van der Waals surface area contributed by atoms with Gasteiger partial charge in [0.05, 0.1) is 18.1 Å². The van der Waals surface area contributed by atoms with Gasteiger partial charge in [-0.1, -0.05) is 0 Å². The second kappa shape index (κ2) is 5.81. The smallest absolute Gasteiger partial charge is 0.174 e. The first-order chi connectivity index (χ1) is 9.79. The topological polar surface area (TPSA) is 58.9 Å². The molecule has 0 aromatic carbocycles. The Bertz CT molecular complexity index is 614. The van der Waals surface area contributed by atoms with Gasteiger partial charge in [0.15, 0.2) is 5.82 Å². The summed E-state index contributed by atoms with van der Waals surface area (Å²) in [6.45, 7) is 9.13. The van der Waals surface area contributed by atoms with Crippen molar-refractivity contribution in [2.75, 3.05) is 26.0 Å². The minimum absolute atomic E-state index is 0.0376. The molecule has 0 aliphatic heterocycles. The maximum atomic E-state index is 4.59. The zero-order chi connectivity index (χ0) is 15.6. The van der Waals surface area contributed by atoms with E-state index in [1.54, 1.807) is 12.4 Å². The Morgan fingerprint density at radius 3 is 2.52 bits per heavy atom. The number of aromatic nitrogens is 4. The summed E-state index contributed by atoms with van der Waals surface area (Å²) in [5, 5.41) is 7.78. The highest BCUT2D eigenvalue weighted by molar-refractivity contribution is 5.37. The van der Waals surface area contributed by atoms with Gasteiger partial charge in [-0.2, -0.15) is 5.10 Å². The molecule has 0 saturated heterocycles. The third-order valence-corrected chi connectivity index (χ3v) is 3.76. The Morgan fingerprint density at radius 1 is 1.24 bits per heavy atom. The molecule has 6 heteroatoms. The van der Waals surface area contributed by atoms with Crippen LogP contribution < -0.4 is 5.32 Å². The van der Waals surface area contributed by atoms with E-state index in [2.05, 4.69) is 53.2 Å². The SMILES string of the molecule is Cc1cc(C)n(-c2cncc(NCC(C)(C)N(C)C)n2)n1. The fraction of sp³-hybridized carbons (Fsp3) is 0.533. The highest BCUT2D eigenvalue weighted by Crippen LogP contribution is 2.14. The molecule has 0 saturated carbocycles. The summed E-state index contributed by atoms with van der Waals surface area (Å²) in [7, 11) is 4.14. The molecular weight excluding hydrogens is 264 g/mol. The highest BCUT2D eigenvalue weighted by atomic mass is 15.3. The van der Waals surface area contributed by atoms with Gasteiger partial charge in [-0.05, 0) is 47.9 Å².